The summed E-state index contributed by atoms with van der Waals surface area (Å²) in [5, 5.41) is 3.21. The highest BCUT2D eigenvalue weighted by Gasteiger charge is 2.05. The van der Waals surface area contributed by atoms with E-state index >= 15 is 0 Å². The molecule has 0 unspecified atom stereocenters. The summed E-state index contributed by atoms with van der Waals surface area (Å²) in [6.07, 6.45) is 2.26. The lowest BCUT2D eigenvalue weighted by molar-refractivity contribution is 0.141. The van der Waals surface area contributed by atoms with Crippen molar-refractivity contribution in [3.8, 4) is 5.88 Å². The molecule has 3 N–H and O–H groups in total. The maximum Gasteiger partial charge on any atom is 0.239 e. The van der Waals surface area contributed by atoms with Crippen LogP contribution in [0, 0.1) is 5.92 Å². The predicted octanol–water partition coefficient (Wildman–Crippen LogP) is 2.93. The third kappa shape index (κ3) is 6.61. The molecule has 5 nitrogen and oxygen atoms in total. The van der Waals surface area contributed by atoms with Crippen molar-refractivity contribution in [2.75, 3.05) is 37.4 Å². The minimum Gasteiger partial charge on any atom is -0.476 e. The number of ether oxygens (including phenoxy) is 2. The van der Waals surface area contributed by atoms with E-state index in [9.17, 15) is 0 Å². The Labute approximate surface area is 121 Å². The Morgan fingerprint density at radius 2 is 2.10 bits per heavy atom. The topological polar surface area (TPSA) is 69.4 Å². The molecule has 0 atom stereocenters. The SMILES string of the molecule is CCCCOCCNc1ccc(N)c(OCC(C)C)n1. The zero-order valence-corrected chi connectivity index (χ0v) is 12.8. The maximum atomic E-state index is 5.85. The van der Waals surface area contributed by atoms with Crippen LogP contribution >= 0.6 is 0 Å². The van der Waals surface area contributed by atoms with E-state index in [4.69, 9.17) is 15.2 Å². The van der Waals surface area contributed by atoms with Gasteiger partial charge in [-0.1, -0.05) is 27.2 Å². The molecule has 1 heterocycles. The third-order valence-corrected chi connectivity index (χ3v) is 2.64. The van der Waals surface area contributed by atoms with E-state index < -0.39 is 0 Å². The highest BCUT2D eigenvalue weighted by Crippen LogP contribution is 2.21. The van der Waals surface area contributed by atoms with E-state index in [2.05, 4.69) is 31.1 Å². The Balaban J connectivity index is 2.36. The summed E-state index contributed by atoms with van der Waals surface area (Å²) in [4.78, 5) is 4.36. The second-order valence-electron chi connectivity index (χ2n) is 5.19. The predicted molar refractivity (Wildman–Crippen MR) is 83.2 cm³/mol. The molecule has 0 radical (unpaired) electrons. The van der Waals surface area contributed by atoms with Gasteiger partial charge in [-0.3, -0.25) is 0 Å². The maximum absolute atomic E-state index is 5.85. The van der Waals surface area contributed by atoms with Gasteiger partial charge in [0.2, 0.25) is 5.88 Å². The lowest BCUT2D eigenvalue weighted by Gasteiger charge is -2.12. The normalized spacial score (nSPS) is 10.8. The Bertz CT molecular complexity index is 383. The van der Waals surface area contributed by atoms with Crippen LogP contribution in [0.3, 0.4) is 0 Å². The van der Waals surface area contributed by atoms with Crippen LogP contribution in [0.15, 0.2) is 12.1 Å². The first-order chi connectivity index (χ1) is 9.63. The summed E-state index contributed by atoms with van der Waals surface area (Å²) in [6, 6.07) is 3.66. The fourth-order valence-corrected chi connectivity index (χ4v) is 1.51. The van der Waals surface area contributed by atoms with Gasteiger partial charge in [-0.05, 0) is 24.5 Å². The molecule has 0 aliphatic carbocycles. The summed E-state index contributed by atoms with van der Waals surface area (Å²) < 4.78 is 11.1. The zero-order chi connectivity index (χ0) is 14.8. The average molecular weight is 281 g/mol. The number of nitrogen functional groups attached to an aromatic ring is 1. The summed E-state index contributed by atoms with van der Waals surface area (Å²) in [7, 11) is 0. The Morgan fingerprint density at radius 3 is 2.80 bits per heavy atom. The van der Waals surface area contributed by atoms with Crippen molar-refractivity contribution in [2.45, 2.75) is 33.6 Å². The fourth-order valence-electron chi connectivity index (χ4n) is 1.51. The molecule has 0 saturated carbocycles. The lowest BCUT2D eigenvalue weighted by atomic mass is 10.2. The molecule has 0 amide bonds. The van der Waals surface area contributed by atoms with Gasteiger partial charge in [0.15, 0.2) is 0 Å². The van der Waals surface area contributed by atoms with E-state index in [1.54, 1.807) is 0 Å². The number of nitrogens with zero attached hydrogens (tertiary/aromatic N) is 1. The number of nitrogens with one attached hydrogen (secondary N) is 1. The van der Waals surface area contributed by atoms with Gasteiger partial charge in [0, 0.05) is 13.2 Å². The zero-order valence-electron chi connectivity index (χ0n) is 12.8. The van der Waals surface area contributed by atoms with Crippen LogP contribution in [0.5, 0.6) is 5.88 Å². The molecule has 0 saturated heterocycles. The molecule has 0 bridgehead atoms. The second-order valence-corrected chi connectivity index (χ2v) is 5.19. The molecule has 0 aliphatic heterocycles. The second kappa shape index (κ2) is 9.42. The van der Waals surface area contributed by atoms with Gasteiger partial charge >= 0.3 is 0 Å². The Hall–Kier alpha value is -1.49. The summed E-state index contributed by atoms with van der Waals surface area (Å²) in [5.74, 6) is 1.70. The quantitative estimate of drug-likeness (QED) is 0.645. The van der Waals surface area contributed by atoms with E-state index in [-0.39, 0.29) is 0 Å². The van der Waals surface area contributed by atoms with Crippen molar-refractivity contribution >= 4 is 11.5 Å². The number of unbranched alkanes of at least 4 members (excludes halogenated alkanes) is 1. The standard InChI is InChI=1S/C15H27N3O2/c1-4-5-9-19-10-8-17-14-7-6-13(16)15(18-14)20-11-12(2)3/h6-7,12H,4-5,8-11,16H2,1-3H3,(H,17,18). The Kier molecular flexibility index (Phi) is 7.80. The van der Waals surface area contributed by atoms with Gasteiger partial charge in [0.05, 0.1) is 18.9 Å². The minimum atomic E-state index is 0.444. The molecule has 1 rings (SSSR count). The number of hydrogen-bond donors (Lipinski definition) is 2. The average Bonchev–Trinajstić information content (AvgIpc) is 2.42. The minimum absolute atomic E-state index is 0.444. The molecule has 0 aromatic carbocycles. The molecule has 0 spiro atoms. The number of aromatic nitrogens is 1. The van der Waals surface area contributed by atoms with E-state index in [0.29, 0.717) is 30.7 Å². The van der Waals surface area contributed by atoms with Gasteiger partial charge < -0.3 is 20.5 Å². The van der Waals surface area contributed by atoms with Crippen LogP contribution in [0.2, 0.25) is 0 Å². The van der Waals surface area contributed by atoms with Gasteiger partial charge in [-0.25, -0.2) is 0 Å². The van der Waals surface area contributed by atoms with Gasteiger partial charge in [0.1, 0.15) is 5.82 Å². The van der Waals surface area contributed by atoms with E-state index in [1.165, 1.54) is 0 Å². The van der Waals surface area contributed by atoms with Crippen LogP contribution in [0.1, 0.15) is 33.6 Å². The molecule has 20 heavy (non-hydrogen) atoms. The Morgan fingerprint density at radius 1 is 1.30 bits per heavy atom. The monoisotopic (exact) mass is 281 g/mol. The molecule has 0 fully saturated rings. The van der Waals surface area contributed by atoms with Crippen LogP contribution in [-0.2, 0) is 4.74 Å². The van der Waals surface area contributed by atoms with Gasteiger partial charge in [-0.2, -0.15) is 4.98 Å². The number of anilines is 2. The van der Waals surface area contributed by atoms with Crippen LogP contribution in [-0.4, -0.2) is 31.3 Å². The van der Waals surface area contributed by atoms with Gasteiger partial charge in [-0.15, -0.1) is 0 Å². The first-order valence-corrected chi connectivity index (χ1v) is 7.34. The highest BCUT2D eigenvalue weighted by atomic mass is 16.5. The number of pyridine rings is 1. The molecule has 0 aliphatic rings. The molecule has 5 heteroatoms. The van der Waals surface area contributed by atoms with Crippen molar-refractivity contribution in [1.82, 2.24) is 4.98 Å². The van der Waals surface area contributed by atoms with Crippen LogP contribution in [0.4, 0.5) is 11.5 Å². The van der Waals surface area contributed by atoms with Crippen molar-refractivity contribution in [1.29, 1.82) is 0 Å². The highest BCUT2D eigenvalue weighted by molar-refractivity contribution is 5.53. The van der Waals surface area contributed by atoms with E-state index in [1.807, 2.05) is 12.1 Å². The van der Waals surface area contributed by atoms with Crippen molar-refractivity contribution in [3.63, 3.8) is 0 Å². The smallest absolute Gasteiger partial charge is 0.239 e. The first kappa shape index (κ1) is 16.6. The molecule has 1 aromatic heterocycles. The summed E-state index contributed by atoms with van der Waals surface area (Å²) in [6.45, 7) is 9.16. The summed E-state index contributed by atoms with van der Waals surface area (Å²) >= 11 is 0. The van der Waals surface area contributed by atoms with E-state index in [0.717, 1.165) is 31.8 Å². The van der Waals surface area contributed by atoms with Crippen LogP contribution in [0.25, 0.3) is 0 Å². The molecular weight excluding hydrogens is 254 g/mol. The third-order valence-electron chi connectivity index (χ3n) is 2.64. The molecule has 114 valence electrons. The number of nitrogens with two attached hydrogens (primary N) is 1. The molecular formula is C15H27N3O2. The van der Waals surface area contributed by atoms with Crippen molar-refractivity contribution < 1.29 is 9.47 Å². The number of hydrogen-bond acceptors (Lipinski definition) is 5. The van der Waals surface area contributed by atoms with Crippen molar-refractivity contribution in [3.05, 3.63) is 12.1 Å². The first-order valence-electron chi connectivity index (χ1n) is 7.34. The summed E-state index contributed by atoms with van der Waals surface area (Å²) in [5.41, 5.74) is 6.41. The molecule has 1 aromatic rings. The largest absolute Gasteiger partial charge is 0.476 e. The fraction of sp³-hybridized carbons (Fsp3) is 0.667. The number of rotatable bonds is 10. The van der Waals surface area contributed by atoms with Crippen molar-refractivity contribution in [2.24, 2.45) is 5.92 Å². The van der Waals surface area contributed by atoms with Crippen LogP contribution < -0.4 is 15.8 Å². The van der Waals surface area contributed by atoms with Gasteiger partial charge in [0.25, 0.3) is 0 Å². The lowest BCUT2D eigenvalue weighted by Crippen LogP contribution is -2.12.